The molecule has 0 radical (unpaired) electrons. The van der Waals surface area contributed by atoms with Gasteiger partial charge in [-0.3, -0.25) is 14.8 Å². The van der Waals surface area contributed by atoms with Crippen LogP contribution in [-0.2, 0) is 11.2 Å². The van der Waals surface area contributed by atoms with E-state index >= 15 is 0 Å². The number of anilines is 3. The molecule has 2 unspecified atom stereocenters. The molecule has 1 amide bonds. The molecule has 0 saturated carbocycles. The second-order valence-electron chi connectivity index (χ2n) is 11.5. The largest absolute Gasteiger partial charge is 0.365 e. The Morgan fingerprint density at radius 1 is 1.20 bits per heavy atom. The van der Waals surface area contributed by atoms with Gasteiger partial charge in [-0.25, -0.2) is 9.37 Å². The Hall–Kier alpha value is -3.17. The molecule has 0 bridgehead atoms. The first-order valence-electron chi connectivity index (χ1n) is 14.1. The first-order valence-corrected chi connectivity index (χ1v) is 14.5. The summed E-state index contributed by atoms with van der Waals surface area (Å²) >= 11 is 6.08. The van der Waals surface area contributed by atoms with E-state index in [0.717, 1.165) is 60.1 Å². The van der Waals surface area contributed by atoms with E-state index < -0.39 is 0 Å². The van der Waals surface area contributed by atoms with Gasteiger partial charge in [-0.15, -0.1) is 0 Å². The molecule has 40 heavy (non-hydrogen) atoms. The van der Waals surface area contributed by atoms with E-state index in [-0.39, 0.29) is 34.7 Å². The van der Waals surface area contributed by atoms with Crippen LogP contribution in [0.2, 0.25) is 5.02 Å². The van der Waals surface area contributed by atoms with Crippen molar-refractivity contribution in [3.63, 3.8) is 0 Å². The van der Waals surface area contributed by atoms with Crippen LogP contribution in [0.25, 0.3) is 0 Å². The van der Waals surface area contributed by atoms with Gasteiger partial charge in [0.15, 0.2) is 0 Å². The Morgan fingerprint density at radius 2 is 1.98 bits per heavy atom. The van der Waals surface area contributed by atoms with E-state index in [4.69, 9.17) is 16.6 Å². The van der Waals surface area contributed by atoms with Crippen molar-refractivity contribution in [3.05, 3.63) is 63.7 Å². The van der Waals surface area contributed by atoms with Crippen molar-refractivity contribution in [2.45, 2.75) is 65.5 Å². The molecule has 2 aliphatic rings. The molecule has 10 heteroatoms. The normalized spacial score (nSPS) is 18.6. The highest BCUT2D eigenvalue weighted by atomic mass is 35.5. The number of rotatable bonds is 10. The van der Waals surface area contributed by atoms with Crippen molar-refractivity contribution >= 4 is 34.8 Å². The van der Waals surface area contributed by atoms with Gasteiger partial charge < -0.3 is 15.5 Å². The Kier molecular flexibility index (Phi) is 8.33. The molecule has 3 aromatic rings. The lowest BCUT2D eigenvalue weighted by Crippen LogP contribution is -2.60. The van der Waals surface area contributed by atoms with Crippen LogP contribution in [0.1, 0.15) is 55.4 Å². The van der Waals surface area contributed by atoms with E-state index in [9.17, 15) is 9.18 Å². The van der Waals surface area contributed by atoms with Crippen molar-refractivity contribution in [1.82, 2.24) is 25.4 Å². The Labute approximate surface area is 240 Å². The van der Waals surface area contributed by atoms with Crippen LogP contribution in [0, 0.1) is 25.6 Å². The van der Waals surface area contributed by atoms with Gasteiger partial charge in [-0.2, -0.15) is 5.10 Å². The van der Waals surface area contributed by atoms with Crippen molar-refractivity contribution < 1.29 is 9.18 Å². The third kappa shape index (κ3) is 5.54. The predicted octanol–water partition coefficient (Wildman–Crippen LogP) is 5.34. The standard InChI is InChI=1S/C30H39ClFN7O/c1-17(2)18(3)23-13-35-37-29(23)39(12-10-21-7-6-8-24(31)27(21)32)26-14-34-28(20(5)19(26)4)36-22-15-38(16-22)25-9-11-33-30(25)40/h6-8,13-14,17-18,22,25H,9-12,15-16H2,1-5H3,(H,33,40)(H,34,36)(H,35,37). The SMILES string of the molecule is Cc1c(N(CCc2cccc(Cl)c2F)c2[nH]ncc2C(C)C(C)C)cnc(NC2CN(C3CCNC3=O)C2)c1C. The van der Waals surface area contributed by atoms with Crippen molar-refractivity contribution in [2.75, 3.05) is 36.4 Å². The molecule has 2 atom stereocenters. The quantitative estimate of drug-likeness (QED) is 0.306. The van der Waals surface area contributed by atoms with Crippen LogP contribution in [-0.4, -0.2) is 64.3 Å². The number of carbonyl (C=O) groups excluding carboxylic acids is 1. The van der Waals surface area contributed by atoms with Gasteiger partial charge in [-0.05, 0) is 61.3 Å². The fourth-order valence-corrected chi connectivity index (χ4v) is 5.81. The highest BCUT2D eigenvalue weighted by Crippen LogP contribution is 2.37. The molecule has 2 aliphatic heterocycles. The summed E-state index contributed by atoms with van der Waals surface area (Å²) in [5.74, 6) is 2.21. The van der Waals surface area contributed by atoms with Crippen LogP contribution in [0.4, 0.5) is 21.7 Å². The summed E-state index contributed by atoms with van der Waals surface area (Å²) < 4.78 is 14.8. The lowest BCUT2D eigenvalue weighted by molar-refractivity contribution is -0.125. The summed E-state index contributed by atoms with van der Waals surface area (Å²) in [5, 5.41) is 14.3. The molecule has 8 nitrogen and oxygen atoms in total. The number of likely N-dealkylation sites (tertiary alicyclic amines) is 1. The molecule has 5 rings (SSSR count). The van der Waals surface area contributed by atoms with Crippen molar-refractivity contribution in [2.24, 2.45) is 5.92 Å². The Balaban J connectivity index is 1.40. The fraction of sp³-hybridized carbons (Fsp3) is 0.500. The number of H-pyrrole nitrogens is 1. The number of amides is 1. The zero-order valence-corrected chi connectivity index (χ0v) is 24.6. The smallest absolute Gasteiger partial charge is 0.237 e. The number of hydrogen-bond donors (Lipinski definition) is 3. The first kappa shape index (κ1) is 28.4. The average molecular weight is 568 g/mol. The Morgan fingerprint density at radius 3 is 2.67 bits per heavy atom. The number of nitrogens with one attached hydrogen (secondary N) is 3. The topological polar surface area (TPSA) is 89.2 Å². The van der Waals surface area contributed by atoms with E-state index in [1.807, 2.05) is 12.4 Å². The van der Waals surface area contributed by atoms with Crippen LogP contribution in [0.5, 0.6) is 0 Å². The zero-order chi connectivity index (χ0) is 28.6. The summed E-state index contributed by atoms with van der Waals surface area (Å²) in [7, 11) is 0. The highest BCUT2D eigenvalue weighted by molar-refractivity contribution is 6.30. The molecular formula is C30H39ClFN7O. The summed E-state index contributed by atoms with van der Waals surface area (Å²) in [4.78, 5) is 21.3. The van der Waals surface area contributed by atoms with Gasteiger partial charge in [0, 0.05) is 31.7 Å². The monoisotopic (exact) mass is 567 g/mol. The van der Waals surface area contributed by atoms with Crippen molar-refractivity contribution in [3.8, 4) is 0 Å². The number of pyridine rings is 1. The summed E-state index contributed by atoms with van der Waals surface area (Å²) in [6.07, 6.45) is 5.12. The molecule has 1 aromatic carbocycles. The molecule has 2 aromatic heterocycles. The molecule has 0 aliphatic carbocycles. The predicted molar refractivity (Wildman–Crippen MR) is 158 cm³/mol. The maximum Gasteiger partial charge on any atom is 0.237 e. The lowest BCUT2D eigenvalue weighted by atomic mass is 9.91. The molecule has 3 N–H and O–H groups in total. The number of benzene rings is 1. The molecule has 2 fully saturated rings. The van der Waals surface area contributed by atoms with Gasteiger partial charge in [0.05, 0.1) is 35.2 Å². The minimum Gasteiger partial charge on any atom is -0.365 e. The molecule has 4 heterocycles. The van der Waals surface area contributed by atoms with Crippen LogP contribution in [0.15, 0.2) is 30.6 Å². The van der Waals surface area contributed by atoms with Gasteiger partial charge in [0.1, 0.15) is 17.5 Å². The van der Waals surface area contributed by atoms with Crippen LogP contribution in [0.3, 0.4) is 0 Å². The summed E-state index contributed by atoms with van der Waals surface area (Å²) in [6.45, 7) is 13.7. The first-order chi connectivity index (χ1) is 19.2. The highest BCUT2D eigenvalue weighted by Gasteiger charge is 2.38. The van der Waals surface area contributed by atoms with E-state index in [0.29, 0.717) is 24.4 Å². The second kappa shape index (κ2) is 11.7. The maximum atomic E-state index is 14.8. The average Bonchev–Trinajstić information content (AvgIpc) is 3.55. The third-order valence-electron chi connectivity index (χ3n) is 8.66. The minimum atomic E-state index is -0.375. The van der Waals surface area contributed by atoms with E-state index in [1.165, 1.54) is 0 Å². The third-order valence-corrected chi connectivity index (χ3v) is 8.96. The lowest BCUT2D eigenvalue weighted by Gasteiger charge is -2.42. The maximum absolute atomic E-state index is 14.8. The van der Waals surface area contributed by atoms with Crippen molar-refractivity contribution in [1.29, 1.82) is 0 Å². The van der Waals surface area contributed by atoms with Gasteiger partial charge in [-0.1, -0.05) is 44.5 Å². The fourth-order valence-electron chi connectivity index (χ4n) is 5.61. The number of carbonyl (C=O) groups is 1. The van der Waals surface area contributed by atoms with Gasteiger partial charge in [0.25, 0.3) is 0 Å². The molecular weight excluding hydrogens is 529 g/mol. The Bertz CT molecular complexity index is 1370. The zero-order valence-electron chi connectivity index (χ0n) is 23.9. The second-order valence-corrected chi connectivity index (χ2v) is 11.9. The number of aromatic nitrogens is 3. The minimum absolute atomic E-state index is 0.00839. The molecule has 0 spiro atoms. The van der Waals surface area contributed by atoms with Crippen LogP contribution >= 0.6 is 11.6 Å². The number of aromatic amines is 1. The van der Waals surface area contributed by atoms with Gasteiger partial charge in [0.2, 0.25) is 5.91 Å². The van der Waals surface area contributed by atoms with Gasteiger partial charge >= 0.3 is 0 Å². The van der Waals surface area contributed by atoms with Crippen LogP contribution < -0.4 is 15.5 Å². The van der Waals surface area contributed by atoms with E-state index in [2.05, 4.69) is 65.2 Å². The molecule has 2 saturated heterocycles. The number of hydrogen-bond acceptors (Lipinski definition) is 6. The van der Waals surface area contributed by atoms with E-state index in [1.54, 1.807) is 18.2 Å². The number of nitrogens with zero attached hydrogens (tertiary/aromatic N) is 4. The number of halogens is 2. The summed E-state index contributed by atoms with van der Waals surface area (Å²) in [6, 6.07) is 5.38. The molecule has 214 valence electrons. The summed E-state index contributed by atoms with van der Waals surface area (Å²) in [5.41, 5.74) is 4.79.